The third-order valence-electron chi connectivity index (χ3n) is 7.18. The maximum Gasteiger partial charge on any atom is 0.455 e. The first-order valence-electron chi connectivity index (χ1n) is 11.7. The second-order valence-corrected chi connectivity index (χ2v) is 9.13. The lowest BCUT2D eigenvalue weighted by Gasteiger charge is -2.42. The van der Waals surface area contributed by atoms with Crippen molar-refractivity contribution in [1.29, 1.82) is 0 Å². The molecule has 10 heteroatoms. The zero-order valence-corrected chi connectivity index (χ0v) is 19.7. The van der Waals surface area contributed by atoms with Crippen LogP contribution in [-0.4, -0.2) is 53.3 Å². The number of hydrogen-bond acceptors (Lipinski definition) is 8. The molecule has 34 heavy (non-hydrogen) atoms. The third-order valence-corrected chi connectivity index (χ3v) is 7.18. The molecular formula is C24H30BNO8. The highest BCUT2D eigenvalue weighted by atomic mass is 16.5. The van der Waals surface area contributed by atoms with Crippen molar-refractivity contribution in [2.45, 2.75) is 58.6 Å². The van der Waals surface area contributed by atoms with E-state index in [9.17, 15) is 24.5 Å². The molecule has 2 saturated heterocycles. The van der Waals surface area contributed by atoms with Crippen molar-refractivity contribution in [1.82, 2.24) is 4.90 Å². The largest absolute Gasteiger partial charge is 0.459 e. The number of carbonyl (C=O) groups is 3. The van der Waals surface area contributed by atoms with Gasteiger partial charge in [-0.1, -0.05) is 18.1 Å². The van der Waals surface area contributed by atoms with Crippen LogP contribution < -0.4 is 0 Å². The highest BCUT2D eigenvalue weighted by molar-refractivity contribution is 6.43. The number of allylic oxidation sites excluding steroid dienone is 2. The maximum absolute atomic E-state index is 13.1. The van der Waals surface area contributed by atoms with Crippen LogP contribution in [0.2, 0.25) is 6.32 Å². The summed E-state index contributed by atoms with van der Waals surface area (Å²) in [5.74, 6) is -1.63. The molecule has 3 amide bonds. The number of amides is 3. The Morgan fingerprint density at radius 2 is 2.06 bits per heavy atom. The van der Waals surface area contributed by atoms with Crippen molar-refractivity contribution in [2.24, 2.45) is 17.8 Å². The molecule has 2 fully saturated rings. The van der Waals surface area contributed by atoms with E-state index in [-0.39, 0.29) is 18.8 Å². The quantitative estimate of drug-likeness (QED) is 0.369. The van der Waals surface area contributed by atoms with Crippen molar-refractivity contribution >= 4 is 31.1 Å². The van der Waals surface area contributed by atoms with Crippen LogP contribution in [-0.2, 0) is 25.6 Å². The molecule has 2 N–H and O–H groups in total. The first kappa shape index (κ1) is 24.4. The highest BCUT2D eigenvalue weighted by Gasteiger charge is 2.58. The van der Waals surface area contributed by atoms with Crippen molar-refractivity contribution in [3.05, 3.63) is 40.4 Å². The summed E-state index contributed by atoms with van der Waals surface area (Å²) in [6.07, 6.45) is 3.22. The summed E-state index contributed by atoms with van der Waals surface area (Å²) in [6.45, 7) is 3.82. The van der Waals surface area contributed by atoms with E-state index < -0.39 is 43.0 Å². The van der Waals surface area contributed by atoms with Crippen LogP contribution in [0.3, 0.4) is 0 Å². The van der Waals surface area contributed by atoms with Crippen molar-refractivity contribution < 1.29 is 38.3 Å². The Hall–Kier alpha value is -2.69. The lowest BCUT2D eigenvalue weighted by molar-refractivity contribution is -0.137. The minimum Gasteiger partial charge on any atom is -0.459 e. The van der Waals surface area contributed by atoms with Gasteiger partial charge in [0, 0.05) is 0 Å². The number of aliphatic hydroxyl groups excluding tert-OH is 1. The van der Waals surface area contributed by atoms with Gasteiger partial charge in [-0.15, -0.1) is 0 Å². The molecule has 182 valence electrons. The van der Waals surface area contributed by atoms with E-state index in [1.807, 2.05) is 26.0 Å². The van der Waals surface area contributed by atoms with Gasteiger partial charge in [0.05, 0.1) is 25.0 Å². The van der Waals surface area contributed by atoms with E-state index in [0.29, 0.717) is 35.7 Å². The van der Waals surface area contributed by atoms with E-state index in [2.05, 4.69) is 4.74 Å². The summed E-state index contributed by atoms with van der Waals surface area (Å²) in [4.78, 5) is 38.6. The number of furan rings is 1. The van der Waals surface area contributed by atoms with Crippen molar-refractivity contribution in [2.75, 3.05) is 7.11 Å². The fourth-order valence-corrected chi connectivity index (χ4v) is 5.62. The summed E-state index contributed by atoms with van der Waals surface area (Å²) in [5.41, 5.74) is 3.04. The topological polar surface area (TPSA) is 127 Å². The Morgan fingerprint density at radius 3 is 2.71 bits per heavy atom. The number of imide groups is 3. The van der Waals surface area contributed by atoms with E-state index in [1.54, 1.807) is 6.07 Å². The molecule has 0 radical (unpaired) electrons. The summed E-state index contributed by atoms with van der Waals surface area (Å²) in [5, 5.41) is 19.7. The fourth-order valence-electron chi connectivity index (χ4n) is 5.62. The van der Waals surface area contributed by atoms with Crippen molar-refractivity contribution in [3.63, 3.8) is 0 Å². The predicted molar refractivity (Wildman–Crippen MR) is 122 cm³/mol. The molecule has 0 bridgehead atoms. The van der Waals surface area contributed by atoms with Crippen LogP contribution in [0.1, 0.15) is 51.1 Å². The number of hydrogen-bond donors (Lipinski definition) is 2. The van der Waals surface area contributed by atoms with Crippen LogP contribution >= 0.6 is 0 Å². The molecule has 9 nitrogen and oxygen atoms in total. The average molecular weight is 471 g/mol. The van der Waals surface area contributed by atoms with Gasteiger partial charge in [0.1, 0.15) is 18.1 Å². The van der Waals surface area contributed by atoms with Crippen LogP contribution in [0.5, 0.6) is 0 Å². The maximum atomic E-state index is 13.1. The molecule has 4 rings (SSSR count). The summed E-state index contributed by atoms with van der Waals surface area (Å²) >= 11 is 0. The molecule has 0 saturated carbocycles. The van der Waals surface area contributed by atoms with E-state index in [1.165, 1.54) is 0 Å². The number of fused-ring (bicyclic) bond motifs is 3. The lowest BCUT2D eigenvalue weighted by Crippen LogP contribution is -2.46. The Morgan fingerprint density at radius 1 is 1.29 bits per heavy atom. The molecule has 3 heterocycles. The molecule has 2 aliphatic heterocycles. The zero-order valence-electron chi connectivity index (χ0n) is 19.7. The Kier molecular flexibility index (Phi) is 7.11. The number of methoxy groups -OCH3 is 1. The molecule has 0 spiro atoms. The van der Waals surface area contributed by atoms with Gasteiger partial charge in [0.2, 0.25) is 11.8 Å². The summed E-state index contributed by atoms with van der Waals surface area (Å²) in [6, 6.07) is 3.54. The summed E-state index contributed by atoms with van der Waals surface area (Å²) in [7, 11) is 0.0758. The number of likely N-dealkylation sites (tertiary alicyclic amines) is 1. The van der Waals surface area contributed by atoms with Gasteiger partial charge in [0.15, 0.2) is 0 Å². The van der Waals surface area contributed by atoms with Crippen molar-refractivity contribution in [3.8, 4) is 0 Å². The van der Waals surface area contributed by atoms with E-state index in [0.717, 1.165) is 30.2 Å². The molecule has 0 aromatic carbocycles. The first-order valence-corrected chi connectivity index (χ1v) is 11.7. The number of rotatable bonds is 6. The SMILES string of the molecule is CC/C(=C\c1ccc(CO)o1)CC[C@H]1OB(O)C[C@H]2C1=C(C)C[C@H]1C(=O)N(C(=O)OC)C(=O)[C@H]12. The predicted octanol–water partition coefficient (Wildman–Crippen LogP) is 2.93. The minimum atomic E-state index is -1.06. The van der Waals surface area contributed by atoms with Gasteiger partial charge in [-0.2, -0.15) is 4.90 Å². The first-order chi connectivity index (χ1) is 16.3. The second kappa shape index (κ2) is 9.89. The number of ether oxygens (including phenoxy) is 1. The molecule has 1 aliphatic carbocycles. The Labute approximate surface area is 198 Å². The minimum absolute atomic E-state index is 0.158. The van der Waals surface area contributed by atoms with Gasteiger partial charge in [-0.3, -0.25) is 9.59 Å². The Balaban J connectivity index is 1.56. The van der Waals surface area contributed by atoms with Gasteiger partial charge in [-0.25, -0.2) is 4.79 Å². The smallest absolute Gasteiger partial charge is 0.455 e. The standard InChI is InChI=1S/C24H30BNO8/c1-4-14(10-15-6-7-16(12-27)33-15)5-8-19-20-13(2)9-17-21(18(20)11-25(31)34-19)23(29)26(22(17)28)24(30)32-3/h6-7,10,17-19,21,27,31H,4-5,8-9,11-12H2,1-3H3/b14-10+/t17-,18+,19-,21-/m1/s1. The van der Waals surface area contributed by atoms with Gasteiger partial charge in [-0.05, 0) is 68.6 Å². The molecule has 1 aromatic heterocycles. The van der Waals surface area contributed by atoms with E-state index >= 15 is 0 Å². The van der Waals surface area contributed by atoms with Crippen LogP contribution in [0.25, 0.3) is 6.08 Å². The van der Waals surface area contributed by atoms with Gasteiger partial charge < -0.3 is 23.9 Å². The third kappa shape index (κ3) is 4.37. The average Bonchev–Trinajstić information content (AvgIpc) is 3.37. The zero-order chi connectivity index (χ0) is 24.6. The highest BCUT2D eigenvalue weighted by Crippen LogP contribution is 2.50. The second-order valence-electron chi connectivity index (χ2n) is 9.13. The van der Waals surface area contributed by atoms with Gasteiger partial charge >= 0.3 is 13.2 Å². The van der Waals surface area contributed by atoms with Crippen LogP contribution in [0, 0.1) is 17.8 Å². The van der Waals surface area contributed by atoms with Gasteiger partial charge in [0.25, 0.3) is 0 Å². The normalized spacial score (nSPS) is 27.3. The van der Waals surface area contributed by atoms with Crippen LogP contribution in [0.4, 0.5) is 4.79 Å². The lowest BCUT2D eigenvalue weighted by atomic mass is 9.59. The number of carbonyl (C=O) groups excluding carboxylic acids is 3. The molecule has 0 unspecified atom stereocenters. The molecule has 3 aliphatic rings. The fraction of sp³-hybridized carbons (Fsp3) is 0.542. The molecule has 1 aromatic rings. The number of aliphatic hydroxyl groups is 1. The number of nitrogens with zero attached hydrogens (tertiary/aromatic N) is 1. The van der Waals surface area contributed by atoms with E-state index in [4.69, 9.17) is 9.07 Å². The monoisotopic (exact) mass is 471 g/mol. The summed E-state index contributed by atoms with van der Waals surface area (Å²) < 4.78 is 16.1. The van der Waals surface area contributed by atoms with Crippen LogP contribution in [0.15, 0.2) is 33.3 Å². The Bertz CT molecular complexity index is 1040. The molecule has 4 atom stereocenters. The molecular weight excluding hydrogens is 441 g/mol.